The minimum atomic E-state index is -0.171. The van der Waals surface area contributed by atoms with Crippen molar-refractivity contribution < 1.29 is 0 Å². The van der Waals surface area contributed by atoms with Gasteiger partial charge in [-0.1, -0.05) is 184 Å². The van der Waals surface area contributed by atoms with Gasteiger partial charge in [-0.15, -0.1) is 0 Å². The number of aromatic nitrogens is 3. The highest BCUT2D eigenvalue weighted by Crippen LogP contribution is 2.57. The Bertz CT molecular complexity index is 3610. The SMILES string of the molecule is CC(C)c1cccc(C(C)C)c1N1[C](c2ccc(N(c3ccc4c(c3)C(C)(C)c3ccccc3-4)c3ccc4c(c3)c3ccccc3n4-c3ccccc3)cc2)N(c2c(C(C)C)cccc2C(C)C)c2nccnc21. The monoisotopic (exact) mass is 966 g/mol. The number of benzene rings is 8. The van der Waals surface area contributed by atoms with Gasteiger partial charge in [-0.05, 0) is 129 Å². The largest absolute Gasteiger partial charge is 0.310 e. The second-order valence-corrected chi connectivity index (χ2v) is 22.1. The Morgan fingerprint density at radius 3 is 1.50 bits per heavy atom. The van der Waals surface area contributed by atoms with E-state index in [2.05, 4.69) is 264 Å². The molecule has 0 bridgehead atoms. The van der Waals surface area contributed by atoms with Crippen LogP contribution in [0.5, 0.6) is 0 Å². The average molecular weight is 966 g/mol. The molecule has 3 heterocycles. The molecule has 2 aliphatic rings. The van der Waals surface area contributed by atoms with Crippen LogP contribution in [0.4, 0.5) is 40.1 Å². The molecule has 0 N–H and O–H groups in total. The van der Waals surface area contributed by atoms with E-state index in [1.54, 1.807) is 0 Å². The quantitative estimate of drug-likeness (QED) is 0.129. The smallest absolute Gasteiger partial charge is 0.199 e. The normalized spacial score (nSPS) is 14.0. The molecule has 1 aliphatic carbocycles. The molecule has 0 spiro atoms. The van der Waals surface area contributed by atoms with Gasteiger partial charge in [0.25, 0.3) is 0 Å². The van der Waals surface area contributed by atoms with Crippen LogP contribution in [-0.2, 0) is 5.41 Å². The average Bonchev–Trinajstić information content (AvgIpc) is 4.02. The Balaban J connectivity index is 1.09. The van der Waals surface area contributed by atoms with Crippen molar-refractivity contribution in [1.82, 2.24) is 14.5 Å². The van der Waals surface area contributed by atoms with Crippen LogP contribution in [0.2, 0.25) is 0 Å². The van der Waals surface area contributed by atoms with Gasteiger partial charge in [0.1, 0.15) is 0 Å². The summed E-state index contributed by atoms with van der Waals surface area (Å²) in [5.41, 5.74) is 20.5. The molecule has 0 saturated carbocycles. The Morgan fingerprint density at radius 2 is 0.905 bits per heavy atom. The Hall–Kier alpha value is -7.96. The van der Waals surface area contributed by atoms with Crippen LogP contribution in [0.1, 0.15) is 132 Å². The number of nitrogens with zero attached hydrogens (tertiary/aromatic N) is 6. The second kappa shape index (κ2) is 18.2. The van der Waals surface area contributed by atoms with Crippen molar-refractivity contribution >= 4 is 61.9 Å². The molecule has 0 fully saturated rings. The van der Waals surface area contributed by atoms with Crippen molar-refractivity contribution in [2.45, 2.75) is 98.3 Å². The summed E-state index contributed by atoms with van der Waals surface area (Å²) in [6.45, 7) is 23.2. The molecule has 8 aromatic carbocycles. The highest BCUT2D eigenvalue weighted by molar-refractivity contribution is 6.11. The summed E-state index contributed by atoms with van der Waals surface area (Å²) in [6.07, 6.45) is 4.73. The Kier molecular flexibility index (Phi) is 11.6. The maximum atomic E-state index is 5.26. The molecular formula is C68H65N6. The van der Waals surface area contributed by atoms with Crippen LogP contribution in [0.25, 0.3) is 38.6 Å². The summed E-state index contributed by atoms with van der Waals surface area (Å²) < 4.78 is 2.39. The van der Waals surface area contributed by atoms with Crippen LogP contribution < -0.4 is 14.7 Å². The molecule has 0 amide bonds. The predicted molar refractivity (Wildman–Crippen MR) is 311 cm³/mol. The zero-order chi connectivity index (χ0) is 51.2. The predicted octanol–water partition coefficient (Wildman–Crippen LogP) is 18.7. The van der Waals surface area contributed by atoms with Crippen LogP contribution in [0.15, 0.2) is 188 Å². The lowest BCUT2D eigenvalue weighted by atomic mass is 9.82. The third kappa shape index (κ3) is 7.43. The van der Waals surface area contributed by atoms with E-state index >= 15 is 0 Å². The summed E-state index contributed by atoms with van der Waals surface area (Å²) in [5, 5.41) is 2.43. The Labute approximate surface area is 437 Å². The fourth-order valence-corrected chi connectivity index (χ4v) is 12.2. The van der Waals surface area contributed by atoms with Crippen LogP contribution in [0.3, 0.4) is 0 Å². The van der Waals surface area contributed by atoms with Crippen molar-refractivity contribution in [2.75, 3.05) is 14.7 Å². The molecule has 10 aromatic rings. The first-order valence-corrected chi connectivity index (χ1v) is 26.6. The molecule has 367 valence electrons. The minimum absolute atomic E-state index is 0.171. The van der Waals surface area contributed by atoms with Gasteiger partial charge in [0, 0.05) is 56.9 Å². The van der Waals surface area contributed by atoms with Gasteiger partial charge in [0.05, 0.1) is 22.4 Å². The third-order valence-electron chi connectivity index (χ3n) is 15.8. The van der Waals surface area contributed by atoms with E-state index in [9.17, 15) is 0 Å². The van der Waals surface area contributed by atoms with Gasteiger partial charge < -0.3 is 9.47 Å². The third-order valence-corrected chi connectivity index (χ3v) is 15.8. The molecule has 0 saturated heterocycles. The van der Waals surface area contributed by atoms with Gasteiger partial charge in [-0.25, -0.2) is 9.97 Å². The van der Waals surface area contributed by atoms with Gasteiger partial charge in [-0.2, -0.15) is 0 Å². The lowest BCUT2D eigenvalue weighted by Crippen LogP contribution is -2.34. The highest BCUT2D eigenvalue weighted by Gasteiger charge is 2.46. The lowest BCUT2D eigenvalue weighted by molar-refractivity contribution is 0.660. The Morgan fingerprint density at radius 1 is 0.419 bits per heavy atom. The van der Waals surface area contributed by atoms with Gasteiger partial charge in [-0.3, -0.25) is 9.80 Å². The number of rotatable bonds is 11. The van der Waals surface area contributed by atoms with E-state index < -0.39 is 0 Å². The summed E-state index contributed by atoms with van der Waals surface area (Å²) in [6, 6.07) is 65.5. The lowest BCUT2D eigenvalue weighted by Gasteiger charge is -2.37. The maximum Gasteiger partial charge on any atom is 0.199 e. The van der Waals surface area contributed by atoms with E-state index in [0.717, 1.165) is 46.1 Å². The van der Waals surface area contributed by atoms with Crippen molar-refractivity contribution in [3.8, 4) is 16.8 Å². The van der Waals surface area contributed by atoms with Crippen molar-refractivity contribution in [3.05, 3.63) is 233 Å². The van der Waals surface area contributed by atoms with Crippen molar-refractivity contribution in [1.29, 1.82) is 0 Å². The molecule has 12 rings (SSSR count). The first-order valence-electron chi connectivity index (χ1n) is 26.6. The zero-order valence-electron chi connectivity index (χ0n) is 44.4. The molecule has 0 atom stereocenters. The van der Waals surface area contributed by atoms with Crippen molar-refractivity contribution in [3.63, 3.8) is 0 Å². The summed E-state index contributed by atoms with van der Waals surface area (Å²) in [4.78, 5) is 17.9. The fourth-order valence-electron chi connectivity index (χ4n) is 12.2. The molecular weight excluding hydrogens is 901 g/mol. The number of hydrogen-bond acceptors (Lipinski definition) is 5. The maximum absolute atomic E-state index is 5.26. The van der Waals surface area contributed by atoms with E-state index in [4.69, 9.17) is 9.97 Å². The molecule has 1 aliphatic heterocycles. The summed E-state index contributed by atoms with van der Waals surface area (Å²) in [5.74, 6) is 2.70. The topological polar surface area (TPSA) is 40.4 Å². The number of anilines is 7. The second-order valence-electron chi connectivity index (χ2n) is 22.1. The number of hydrogen-bond donors (Lipinski definition) is 0. The van der Waals surface area contributed by atoms with Crippen LogP contribution >= 0.6 is 0 Å². The van der Waals surface area contributed by atoms with Gasteiger partial charge in [0.15, 0.2) is 17.8 Å². The highest BCUT2D eigenvalue weighted by atomic mass is 15.5. The summed E-state index contributed by atoms with van der Waals surface area (Å²) in [7, 11) is 0. The first kappa shape index (κ1) is 47.1. The van der Waals surface area contributed by atoms with E-state index in [-0.39, 0.29) is 29.1 Å². The molecule has 1 radical (unpaired) electrons. The van der Waals surface area contributed by atoms with Gasteiger partial charge >= 0.3 is 0 Å². The molecule has 6 heteroatoms. The summed E-state index contributed by atoms with van der Waals surface area (Å²) >= 11 is 0. The molecule has 0 unspecified atom stereocenters. The number of para-hydroxylation sites is 4. The van der Waals surface area contributed by atoms with Crippen LogP contribution in [-0.4, -0.2) is 14.5 Å². The number of fused-ring (bicyclic) bond motifs is 7. The molecule has 2 aromatic heterocycles. The zero-order valence-corrected chi connectivity index (χ0v) is 44.4. The van der Waals surface area contributed by atoms with Gasteiger partial charge in [0.2, 0.25) is 0 Å². The fraction of sp³-hybridized carbons (Fsp3) is 0.221. The standard InChI is InChI=1S/C68H65N6/c1-42(2)51-24-18-25-52(43(3)4)63(51)73-65-66(70-39-38-69-65)74(64-53(44(5)6)26-19-27-54(64)45(7)8)67(73)46-30-32-48(33-31-46)71(50-34-36-56-55-22-14-16-28-59(55)68(9,10)60(56)41-50)49-35-37-62-58(40-49)57-23-15-17-29-61(57)72(62)47-20-12-11-13-21-47/h11-45H,1-10H3. The van der Waals surface area contributed by atoms with Crippen LogP contribution in [0, 0.1) is 6.17 Å². The van der Waals surface area contributed by atoms with E-state index in [1.807, 2.05) is 12.4 Å². The minimum Gasteiger partial charge on any atom is -0.310 e. The molecule has 6 nitrogen and oxygen atoms in total. The molecule has 74 heavy (non-hydrogen) atoms. The van der Waals surface area contributed by atoms with E-state index in [1.165, 1.54) is 77.7 Å². The van der Waals surface area contributed by atoms with E-state index in [0.29, 0.717) is 0 Å². The van der Waals surface area contributed by atoms with Crippen molar-refractivity contribution in [2.24, 2.45) is 0 Å². The first-order chi connectivity index (χ1) is 35.8.